The number of ether oxygens (including phenoxy) is 2. The first-order valence-electron chi connectivity index (χ1n) is 35.1. The van der Waals surface area contributed by atoms with Gasteiger partial charge in [-0.05, 0) is 49.7 Å². The quantitative estimate of drug-likeness (QED) is 0.0130. The molecular formula is C61H88N14O34P6-8. The van der Waals surface area contributed by atoms with Gasteiger partial charge in [0.25, 0.3) is 31.3 Å². The van der Waals surface area contributed by atoms with Crippen LogP contribution >= 0.6 is 46.9 Å². The van der Waals surface area contributed by atoms with Crippen LogP contribution < -0.4 is 71.9 Å². The number of aromatic nitrogens is 8. The van der Waals surface area contributed by atoms with Crippen molar-refractivity contribution in [3.63, 3.8) is 0 Å². The van der Waals surface area contributed by atoms with Crippen LogP contribution in [0.2, 0.25) is 0 Å². The zero-order valence-electron chi connectivity index (χ0n) is 62.5. The molecule has 2 aliphatic heterocycles. The highest BCUT2D eigenvalue weighted by molar-refractivity contribution is 7.60. The van der Waals surface area contributed by atoms with Gasteiger partial charge >= 0.3 is 0 Å². The van der Waals surface area contributed by atoms with Crippen molar-refractivity contribution < 1.29 is 161 Å². The van der Waals surface area contributed by atoms with Crippen LogP contribution in [-0.2, 0) is 114 Å². The van der Waals surface area contributed by atoms with E-state index in [9.17, 15) is 116 Å². The number of ketones is 2. The highest BCUT2D eigenvalue weighted by atomic mass is 31.3. The average molecular weight is 1750 g/mol. The molecule has 4 amide bonds. The minimum atomic E-state index is -6.00. The number of fused-ring (bicyclic) bond motifs is 2. The van der Waals surface area contributed by atoms with Gasteiger partial charge in [-0.2, -0.15) is 0 Å². The number of nitrogens with zero attached hydrogens (tertiary/aromatic N) is 8. The molecule has 2 saturated heterocycles. The second kappa shape index (κ2) is 40.6. The summed E-state index contributed by atoms with van der Waals surface area (Å²) in [5.41, 5.74) is 9.31. The van der Waals surface area contributed by atoms with E-state index in [0.29, 0.717) is 25.7 Å². The first kappa shape index (κ1) is 95.8. The van der Waals surface area contributed by atoms with Gasteiger partial charge in [0.1, 0.15) is 84.1 Å². The Bertz CT molecular complexity index is 4530. The van der Waals surface area contributed by atoms with Gasteiger partial charge in [0.2, 0.25) is 23.6 Å². The van der Waals surface area contributed by atoms with Crippen molar-refractivity contribution in [3.05, 3.63) is 60.7 Å². The number of aliphatic hydroxyl groups is 4. The molecule has 115 heavy (non-hydrogen) atoms. The molecular weight excluding hydrogens is 1660 g/mol. The highest BCUT2D eigenvalue weighted by Gasteiger charge is 2.50. The van der Waals surface area contributed by atoms with Crippen LogP contribution in [0.3, 0.4) is 0 Å². The summed E-state index contributed by atoms with van der Waals surface area (Å²) in [6, 6.07) is 7.97. The molecule has 6 heterocycles. The number of benzene rings is 1. The second-order valence-corrected chi connectivity index (χ2v) is 36.7. The third-order valence-electron chi connectivity index (χ3n) is 17.9. The van der Waals surface area contributed by atoms with Gasteiger partial charge in [0, 0.05) is 74.5 Å². The maximum absolute atomic E-state index is 13.3. The van der Waals surface area contributed by atoms with Crippen molar-refractivity contribution in [3.8, 4) is 0 Å². The molecule has 4 aromatic heterocycles. The third kappa shape index (κ3) is 29.3. The number of aliphatic hydroxyl groups excluding tert-OH is 4. The molecule has 0 spiro atoms. The van der Waals surface area contributed by atoms with E-state index in [0.717, 1.165) is 64.8 Å². The molecule has 644 valence electrons. The van der Waals surface area contributed by atoms with E-state index < -0.39 is 175 Å². The lowest BCUT2D eigenvalue weighted by atomic mass is 9.81. The molecule has 1 aromatic carbocycles. The lowest BCUT2D eigenvalue weighted by Crippen LogP contribution is -2.46. The number of hydrogen-bond donors (Lipinski definition) is 10. The van der Waals surface area contributed by atoms with E-state index in [-0.39, 0.29) is 104 Å². The molecule has 2 fully saturated rings. The summed E-state index contributed by atoms with van der Waals surface area (Å²) >= 11 is 0. The molecule has 5 aromatic rings. The Balaban J connectivity index is 0.698. The third-order valence-corrected chi connectivity index (χ3v) is 24.0. The normalized spacial score (nSPS) is 21.7. The van der Waals surface area contributed by atoms with E-state index in [4.69, 9.17) is 20.9 Å². The number of anilines is 2. The van der Waals surface area contributed by atoms with Crippen LogP contribution in [0, 0.1) is 16.2 Å². The summed E-state index contributed by atoms with van der Waals surface area (Å²) in [6.07, 6.45) is -11.0. The van der Waals surface area contributed by atoms with E-state index in [1.54, 1.807) is 13.8 Å². The van der Waals surface area contributed by atoms with Crippen molar-refractivity contribution in [2.75, 3.05) is 64.1 Å². The SMILES string of the molecule is CC(C)(CCCc1cccc(CCCCCC(=O)CCNC(=O)CCNC(=O)C(O)C(C)(C)COP(=O)([O-])OP(=O)([O-])OCC2OC(n3cnc4c(N)ncnc43)C(O)C2OP(=O)([O-])[O-])c1)C(=O)CCNC(=O)CCNC(=O)C(O)C(C)(C)COP(=O)([O-])OP(=O)([O-])OCC1OC(n2cnc3c(N)ncnc32)C(O)C1OP(=O)([O-])[O-]. The standard InChI is InChI=1S/C61H96N14O34P6/c1-59(2,40(77)18-23-65-42(79)20-25-67-56(85)50(83)61(5,6)30-103-115(98,99)109-113(94,95)101-28-39-48(107-111(89,90)91)46(81)58(105-39)75-34-73-44-52(63)69-32-71-54(44)75)21-11-15-36-14-10-13-35(26-36)12-8-7-9-16-37(76)17-22-64-41(78)19-24-66-55(84)49(82)60(3,4)29-102-114(96,97)108-112(92,93)100-27-38-47(106-110(86,87)88)45(80)57(104-38)74-33-72-43-51(62)68-31-70-53(43)74/h10,13-14,26,31-34,38-39,45-50,57-58,80-83H,7-9,11-12,15-25,27-30H2,1-6H3,(H,64,78)(H,65,79)(H,66,84)(H,67,85)(H,92,93)(H,94,95)(H,96,97)(H,98,99)(H2,62,68,70)(H2,63,69,71)(H2,86,87,88)(H2,89,90,91)/p-8. The van der Waals surface area contributed by atoms with Crippen LogP contribution in [0.1, 0.15) is 129 Å². The smallest absolute Gasteiger partial charge is 0.274 e. The summed E-state index contributed by atoms with van der Waals surface area (Å²) in [6.45, 7) is 2.87. The summed E-state index contributed by atoms with van der Waals surface area (Å²) in [5.74, 6) is -3.69. The Kier molecular flexibility index (Phi) is 33.8. The first-order chi connectivity index (χ1) is 53.4. The molecule has 7 rings (SSSR count). The molecule has 0 saturated carbocycles. The number of phosphoric ester groups is 6. The summed E-state index contributed by atoms with van der Waals surface area (Å²) in [7, 11) is -35.6. The molecule has 0 radical (unpaired) electrons. The number of hydrogen-bond acceptors (Lipinski definition) is 42. The average Bonchev–Trinajstić information content (AvgIpc) is 1.62. The van der Waals surface area contributed by atoms with Crippen molar-refractivity contribution in [2.45, 2.75) is 180 Å². The molecule has 54 heteroatoms. The van der Waals surface area contributed by atoms with Crippen molar-refractivity contribution >= 4 is 116 Å². The van der Waals surface area contributed by atoms with Gasteiger partial charge in [0.05, 0.1) is 54.7 Å². The number of nitrogens with two attached hydrogens (primary N) is 2. The first-order valence-corrected chi connectivity index (χ1v) is 43.9. The molecule has 12 N–H and O–H groups in total. The fraction of sp³-hybridized carbons (Fsp3) is 0.639. The molecule has 2 aliphatic rings. The van der Waals surface area contributed by atoms with E-state index >= 15 is 0 Å². The Morgan fingerprint density at radius 3 is 1.36 bits per heavy atom. The van der Waals surface area contributed by atoms with Crippen LogP contribution in [0.25, 0.3) is 22.3 Å². The fourth-order valence-electron chi connectivity index (χ4n) is 11.6. The molecule has 14 atom stereocenters. The number of rotatable bonds is 49. The van der Waals surface area contributed by atoms with Crippen molar-refractivity contribution in [1.82, 2.24) is 60.3 Å². The Hall–Kier alpha value is -6.36. The summed E-state index contributed by atoms with van der Waals surface area (Å²) in [5, 5.41) is 53.1. The van der Waals surface area contributed by atoms with Gasteiger partial charge in [-0.25, -0.2) is 38.5 Å². The monoisotopic (exact) mass is 1750 g/mol. The molecule has 14 unspecified atom stereocenters. The molecule has 48 nitrogen and oxygen atoms in total. The number of amides is 4. The largest absolute Gasteiger partial charge is 0.790 e. The highest BCUT2D eigenvalue weighted by Crippen LogP contribution is 2.58. The van der Waals surface area contributed by atoms with Gasteiger partial charge < -0.3 is 138 Å². The number of nitrogens with one attached hydrogen (secondary N) is 4. The van der Waals surface area contributed by atoms with Crippen molar-refractivity contribution in [2.24, 2.45) is 16.2 Å². The predicted molar refractivity (Wildman–Crippen MR) is 376 cm³/mol. The number of phosphoric acid groups is 6. The van der Waals surface area contributed by atoms with E-state index in [1.165, 1.54) is 27.7 Å². The maximum Gasteiger partial charge on any atom is 0.274 e. The van der Waals surface area contributed by atoms with Gasteiger partial charge in [-0.1, -0.05) is 72.2 Å². The Morgan fingerprint density at radius 2 is 0.930 bits per heavy atom. The van der Waals surface area contributed by atoms with Gasteiger partial charge in [-0.15, -0.1) is 0 Å². The minimum absolute atomic E-state index is 0.00324. The van der Waals surface area contributed by atoms with Crippen LogP contribution in [0.4, 0.5) is 11.6 Å². The molecule has 0 aliphatic carbocycles. The van der Waals surface area contributed by atoms with E-state index in [1.807, 2.05) is 18.2 Å². The summed E-state index contributed by atoms with van der Waals surface area (Å²) < 4.78 is 122. The second-order valence-electron chi connectivity index (χ2n) is 28.5. The fourth-order valence-corrected chi connectivity index (χ4v) is 17.1. The van der Waals surface area contributed by atoms with Crippen LogP contribution in [0.5, 0.6) is 0 Å². The Morgan fingerprint density at radius 1 is 0.530 bits per heavy atom. The number of nitrogen functional groups attached to an aromatic ring is 2. The number of aryl methyl sites for hydroxylation is 2. The summed E-state index contributed by atoms with van der Waals surface area (Å²) in [4.78, 5) is 197. The number of unbranched alkanes of at least 4 members (excludes halogenated alkanes) is 2. The number of Topliss-reactive ketones (excluding diaryl/α,β-unsaturated/α-hetero) is 2. The zero-order chi connectivity index (χ0) is 85.5. The van der Waals surface area contributed by atoms with E-state index in [2.05, 4.69) is 93.0 Å². The number of carbonyl (C=O) groups excluding carboxylic acids is 6. The molecule has 0 bridgehead atoms. The van der Waals surface area contributed by atoms with Crippen molar-refractivity contribution in [1.29, 1.82) is 0 Å². The Labute approximate surface area is 655 Å². The van der Waals surface area contributed by atoms with Crippen LogP contribution in [0.15, 0.2) is 49.6 Å². The lowest BCUT2D eigenvalue weighted by molar-refractivity contribution is -0.348. The topological polar surface area (TPSA) is 750 Å². The zero-order valence-corrected chi connectivity index (χ0v) is 67.9. The van der Waals surface area contributed by atoms with Gasteiger partial charge in [0.15, 0.2) is 35.4 Å². The predicted octanol–water partition coefficient (Wildman–Crippen LogP) is -4.16. The lowest BCUT2D eigenvalue weighted by Gasteiger charge is -2.36. The maximum atomic E-state index is 13.3. The number of imidazole rings is 2. The number of carbonyl (C=O) groups is 6. The minimum Gasteiger partial charge on any atom is -0.790 e. The van der Waals surface area contributed by atoms with Gasteiger partial charge in [-0.3, -0.25) is 56.2 Å². The van der Waals surface area contributed by atoms with Crippen LogP contribution in [-0.4, -0.2) is 196 Å².